The number of anilines is 3. The molecule has 1 amide bonds. The summed E-state index contributed by atoms with van der Waals surface area (Å²) in [5.74, 6) is -0.551. The van der Waals surface area contributed by atoms with Crippen molar-refractivity contribution >= 4 is 34.6 Å². The topological polar surface area (TPSA) is 32.3 Å². The van der Waals surface area contributed by atoms with Crippen molar-refractivity contribution in [3.05, 3.63) is 53.3 Å². The van der Waals surface area contributed by atoms with E-state index in [2.05, 4.69) is 5.32 Å². The highest BCUT2D eigenvalue weighted by atomic mass is 35.5. The van der Waals surface area contributed by atoms with Crippen LogP contribution >= 0.6 is 11.6 Å². The van der Waals surface area contributed by atoms with Crippen molar-refractivity contribution in [3.63, 3.8) is 0 Å². The van der Waals surface area contributed by atoms with E-state index in [0.29, 0.717) is 10.7 Å². The standard InChI is InChI=1S/C14H10ClFN2O/c15-9-1-4-11(5-2-9)18-8-14(19)17-12-7-10(16)3-6-13(12)18/h1-7H,8H2,(H,17,19). The van der Waals surface area contributed by atoms with E-state index < -0.39 is 0 Å². The first-order chi connectivity index (χ1) is 9.13. The minimum Gasteiger partial charge on any atom is -0.330 e. The SMILES string of the molecule is O=C1CN(c2ccc(Cl)cc2)c2ccc(F)cc2N1. The lowest BCUT2D eigenvalue weighted by atomic mass is 10.1. The molecule has 1 aliphatic rings. The summed E-state index contributed by atoms with van der Waals surface area (Å²) < 4.78 is 13.2. The van der Waals surface area contributed by atoms with E-state index in [9.17, 15) is 9.18 Å². The van der Waals surface area contributed by atoms with Crippen molar-refractivity contribution < 1.29 is 9.18 Å². The molecule has 0 aliphatic carbocycles. The molecule has 0 saturated heterocycles. The molecule has 96 valence electrons. The Morgan fingerprint density at radius 3 is 2.63 bits per heavy atom. The number of carbonyl (C=O) groups excluding carboxylic acids is 1. The van der Waals surface area contributed by atoms with Crippen LogP contribution in [0.15, 0.2) is 42.5 Å². The van der Waals surface area contributed by atoms with Crippen LogP contribution < -0.4 is 10.2 Å². The highest BCUT2D eigenvalue weighted by molar-refractivity contribution is 6.30. The summed E-state index contributed by atoms with van der Waals surface area (Å²) in [6.07, 6.45) is 0. The lowest BCUT2D eigenvalue weighted by Gasteiger charge is -2.30. The van der Waals surface area contributed by atoms with Crippen LogP contribution in [0.25, 0.3) is 0 Å². The van der Waals surface area contributed by atoms with Crippen molar-refractivity contribution in [3.8, 4) is 0 Å². The average molecular weight is 277 g/mol. The summed E-state index contributed by atoms with van der Waals surface area (Å²) in [6, 6.07) is 11.5. The third-order valence-electron chi connectivity index (χ3n) is 2.96. The summed E-state index contributed by atoms with van der Waals surface area (Å²) in [5, 5.41) is 3.29. The molecule has 1 aliphatic heterocycles. The van der Waals surface area contributed by atoms with Gasteiger partial charge in [0.2, 0.25) is 5.91 Å². The molecule has 1 heterocycles. The Labute approximate surface area is 114 Å². The molecule has 3 rings (SSSR count). The van der Waals surface area contributed by atoms with Gasteiger partial charge >= 0.3 is 0 Å². The maximum Gasteiger partial charge on any atom is 0.244 e. The first kappa shape index (κ1) is 12.0. The maximum absolute atomic E-state index is 13.2. The van der Waals surface area contributed by atoms with E-state index >= 15 is 0 Å². The Morgan fingerprint density at radius 2 is 1.89 bits per heavy atom. The molecule has 2 aromatic rings. The zero-order valence-electron chi connectivity index (χ0n) is 9.86. The number of amides is 1. The average Bonchev–Trinajstić information content (AvgIpc) is 2.38. The van der Waals surface area contributed by atoms with Crippen LogP contribution in [0.3, 0.4) is 0 Å². The van der Waals surface area contributed by atoms with Gasteiger partial charge in [-0.3, -0.25) is 4.79 Å². The van der Waals surface area contributed by atoms with Gasteiger partial charge in [-0.25, -0.2) is 4.39 Å². The minimum atomic E-state index is -0.378. The maximum atomic E-state index is 13.2. The van der Waals surface area contributed by atoms with Crippen molar-refractivity contribution in [2.24, 2.45) is 0 Å². The van der Waals surface area contributed by atoms with Crippen LogP contribution in [0.5, 0.6) is 0 Å². The van der Waals surface area contributed by atoms with E-state index in [1.165, 1.54) is 12.1 Å². The lowest BCUT2D eigenvalue weighted by molar-refractivity contribution is -0.115. The van der Waals surface area contributed by atoms with Crippen LogP contribution in [0.4, 0.5) is 21.5 Å². The van der Waals surface area contributed by atoms with Gasteiger partial charge < -0.3 is 10.2 Å². The molecule has 0 unspecified atom stereocenters. The number of benzene rings is 2. The Morgan fingerprint density at radius 1 is 1.16 bits per heavy atom. The molecular weight excluding hydrogens is 267 g/mol. The molecule has 0 atom stereocenters. The predicted octanol–water partition coefficient (Wildman–Crippen LogP) is 3.57. The van der Waals surface area contributed by atoms with Gasteiger partial charge in [0.25, 0.3) is 0 Å². The quantitative estimate of drug-likeness (QED) is 0.864. The van der Waals surface area contributed by atoms with Crippen molar-refractivity contribution in [1.82, 2.24) is 0 Å². The number of nitrogens with one attached hydrogen (secondary N) is 1. The molecule has 0 saturated carbocycles. The van der Waals surface area contributed by atoms with Crippen LogP contribution in [0.1, 0.15) is 0 Å². The second-order valence-electron chi connectivity index (χ2n) is 4.27. The molecule has 0 bridgehead atoms. The Kier molecular flexibility index (Phi) is 2.87. The van der Waals surface area contributed by atoms with Gasteiger partial charge in [0, 0.05) is 10.7 Å². The molecule has 3 nitrogen and oxygen atoms in total. The monoisotopic (exact) mass is 276 g/mol. The number of fused-ring (bicyclic) bond motifs is 1. The molecule has 0 radical (unpaired) electrons. The number of halogens is 2. The summed E-state index contributed by atoms with van der Waals surface area (Å²) in [5.41, 5.74) is 2.08. The van der Waals surface area contributed by atoms with E-state index in [-0.39, 0.29) is 18.3 Å². The summed E-state index contributed by atoms with van der Waals surface area (Å²) >= 11 is 5.85. The fraction of sp³-hybridized carbons (Fsp3) is 0.0714. The second-order valence-corrected chi connectivity index (χ2v) is 4.71. The zero-order chi connectivity index (χ0) is 13.4. The first-order valence-corrected chi connectivity index (χ1v) is 6.14. The Hall–Kier alpha value is -2.07. The summed E-state index contributed by atoms with van der Waals surface area (Å²) in [4.78, 5) is 13.5. The molecule has 0 fully saturated rings. The molecular formula is C14H10ClFN2O. The van der Waals surface area contributed by atoms with Gasteiger partial charge in [0.15, 0.2) is 0 Å². The third kappa shape index (κ3) is 2.27. The van der Waals surface area contributed by atoms with E-state index in [4.69, 9.17) is 11.6 Å². The van der Waals surface area contributed by atoms with Crippen molar-refractivity contribution in [1.29, 1.82) is 0 Å². The largest absolute Gasteiger partial charge is 0.330 e. The number of hydrogen-bond donors (Lipinski definition) is 1. The fourth-order valence-corrected chi connectivity index (χ4v) is 2.24. The van der Waals surface area contributed by atoms with Gasteiger partial charge in [0.05, 0.1) is 11.4 Å². The molecule has 2 aromatic carbocycles. The fourth-order valence-electron chi connectivity index (χ4n) is 2.11. The first-order valence-electron chi connectivity index (χ1n) is 5.76. The number of hydrogen-bond acceptors (Lipinski definition) is 2. The lowest BCUT2D eigenvalue weighted by Crippen LogP contribution is -2.35. The van der Waals surface area contributed by atoms with Crippen LogP contribution in [0, 0.1) is 5.82 Å². The second kappa shape index (κ2) is 4.55. The highest BCUT2D eigenvalue weighted by Gasteiger charge is 2.23. The summed E-state index contributed by atoms with van der Waals surface area (Å²) in [7, 11) is 0. The Bertz CT molecular complexity index is 642. The van der Waals surface area contributed by atoms with Crippen LogP contribution in [0.2, 0.25) is 5.02 Å². The molecule has 0 aromatic heterocycles. The van der Waals surface area contributed by atoms with Crippen LogP contribution in [-0.4, -0.2) is 12.5 Å². The summed E-state index contributed by atoms with van der Waals surface area (Å²) in [6.45, 7) is 0.195. The van der Waals surface area contributed by atoms with Gasteiger partial charge in [-0.2, -0.15) is 0 Å². The molecule has 0 spiro atoms. The molecule has 5 heteroatoms. The van der Waals surface area contributed by atoms with Gasteiger partial charge in [-0.15, -0.1) is 0 Å². The number of carbonyl (C=O) groups is 1. The molecule has 1 N–H and O–H groups in total. The Balaban J connectivity index is 2.08. The van der Waals surface area contributed by atoms with Crippen LogP contribution in [-0.2, 0) is 4.79 Å². The highest BCUT2D eigenvalue weighted by Crippen LogP contribution is 2.35. The van der Waals surface area contributed by atoms with Gasteiger partial charge in [0.1, 0.15) is 12.4 Å². The number of rotatable bonds is 1. The zero-order valence-corrected chi connectivity index (χ0v) is 10.6. The molecule has 19 heavy (non-hydrogen) atoms. The van der Waals surface area contributed by atoms with Crippen molar-refractivity contribution in [2.75, 3.05) is 16.8 Å². The van der Waals surface area contributed by atoms with Gasteiger partial charge in [-0.05, 0) is 42.5 Å². The normalized spacial score (nSPS) is 14.0. The third-order valence-corrected chi connectivity index (χ3v) is 3.22. The van der Waals surface area contributed by atoms with Gasteiger partial charge in [-0.1, -0.05) is 11.6 Å². The van der Waals surface area contributed by atoms with Crippen molar-refractivity contribution in [2.45, 2.75) is 0 Å². The smallest absolute Gasteiger partial charge is 0.244 e. The number of nitrogens with zero attached hydrogens (tertiary/aromatic N) is 1. The predicted molar refractivity (Wildman–Crippen MR) is 73.5 cm³/mol. The minimum absolute atomic E-state index is 0.173. The van der Waals surface area contributed by atoms with E-state index in [1.54, 1.807) is 18.2 Å². The van der Waals surface area contributed by atoms with E-state index in [0.717, 1.165) is 11.4 Å². The van der Waals surface area contributed by atoms with E-state index in [1.807, 2.05) is 17.0 Å².